The Balaban J connectivity index is 0.800. The van der Waals surface area contributed by atoms with Gasteiger partial charge in [0.2, 0.25) is 17.7 Å². The molecule has 7 heterocycles. The zero-order valence-corrected chi connectivity index (χ0v) is 36.1. The van der Waals surface area contributed by atoms with E-state index in [2.05, 4.69) is 24.9 Å². The van der Waals surface area contributed by atoms with Gasteiger partial charge in [-0.1, -0.05) is 31.4 Å². The number of nitrogens with one attached hydrogen (secondary N) is 1. The number of unbranched alkanes of at least 4 members (excludes halogenated alkanes) is 4. The highest BCUT2D eigenvalue weighted by Gasteiger charge is 2.45. The first kappa shape index (κ1) is 42.5. The Morgan fingerprint density at radius 2 is 1.70 bits per heavy atom. The van der Waals surface area contributed by atoms with Gasteiger partial charge in [-0.25, -0.2) is 8.78 Å². The minimum absolute atomic E-state index is 0.0152. The monoisotopic (exact) mass is 863 g/mol. The van der Waals surface area contributed by atoms with Crippen LogP contribution >= 0.6 is 0 Å². The zero-order chi connectivity index (χ0) is 43.9. The second kappa shape index (κ2) is 17.8. The molecule has 5 aliphatic heterocycles. The van der Waals surface area contributed by atoms with Crippen molar-refractivity contribution >= 4 is 41.0 Å². The molecule has 0 saturated carbocycles. The quantitative estimate of drug-likeness (QED) is 0.119. The smallest absolute Gasteiger partial charge is 0.264 e. The third kappa shape index (κ3) is 8.29. The van der Waals surface area contributed by atoms with E-state index in [1.54, 1.807) is 49.2 Å². The average Bonchev–Trinajstić information content (AvgIpc) is 3.96. The third-order valence-electron chi connectivity index (χ3n) is 13.8. The number of imide groups is 2. The van der Waals surface area contributed by atoms with E-state index in [0.717, 1.165) is 116 Å². The number of hydrogen-bond donors (Lipinski definition) is 1. The molecule has 1 atom stereocenters. The maximum atomic E-state index is 14.7. The Morgan fingerprint density at radius 1 is 0.905 bits per heavy atom. The second-order valence-corrected chi connectivity index (χ2v) is 17.8. The highest BCUT2D eigenvalue weighted by Crippen LogP contribution is 2.44. The van der Waals surface area contributed by atoms with E-state index in [4.69, 9.17) is 5.10 Å². The Bertz CT molecular complexity index is 2450. The van der Waals surface area contributed by atoms with Gasteiger partial charge in [0.25, 0.3) is 18.2 Å². The Morgan fingerprint density at radius 3 is 2.44 bits per heavy atom. The lowest BCUT2D eigenvalue weighted by atomic mass is 9.92. The summed E-state index contributed by atoms with van der Waals surface area (Å²) in [5, 5.41) is 11.8. The molecule has 14 nitrogen and oxygen atoms in total. The number of alkyl halides is 2. The van der Waals surface area contributed by atoms with Crippen LogP contribution in [0.2, 0.25) is 0 Å². The van der Waals surface area contributed by atoms with E-state index in [1.807, 2.05) is 17.0 Å². The van der Waals surface area contributed by atoms with Gasteiger partial charge in [0.1, 0.15) is 6.04 Å². The molecule has 2 fully saturated rings. The van der Waals surface area contributed by atoms with Crippen molar-refractivity contribution in [1.29, 1.82) is 0 Å². The van der Waals surface area contributed by atoms with Gasteiger partial charge < -0.3 is 14.7 Å². The van der Waals surface area contributed by atoms with Crippen LogP contribution in [0, 0.1) is 0 Å². The fourth-order valence-corrected chi connectivity index (χ4v) is 10.4. The fraction of sp³-hybridized carbons (Fsp3) is 0.511. The highest BCUT2D eigenvalue weighted by atomic mass is 19.3. The summed E-state index contributed by atoms with van der Waals surface area (Å²) in [5.41, 5.74) is 6.63. The lowest BCUT2D eigenvalue weighted by molar-refractivity contribution is -0.136. The maximum Gasteiger partial charge on any atom is 0.264 e. The SMILES string of the molecule is CC(=O)N1CCc2c(c(N3CCCc4cc(-c5cnn(C)c5)c(C(F)F)cc43)nn2C2CCN(CCCCCCCc3cccc4c3C(=O)N(C3CCC(=O)NC3=O)C4=O)CC2)C1. The van der Waals surface area contributed by atoms with Gasteiger partial charge in [-0.15, -0.1) is 0 Å². The normalized spacial score (nSPS) is 19.5. The van der Waals surface area contributed by atoms with Crippen molar-refractivity contribution in [3.8, 4) is 11.1 Å². The van der Waals surface area contributed by atoms with Crippen LogP contribution in [0.3, 0.4) is 0 Å². The van der Waals surface area contributed by atoms with Crippen LogP contribution in [0.5, 0.6) is 0 Å². The number of halogens is 2. The molecule has 1 N–H and O–H groups in total. The number of amides is 5. The van der Waals surface area contributed by atoms with Crippen molar-refractivity contribution < 1.29 is 32.8 Å². The Labute approximate surface area is 365 Å². The number of rotatable bonds is 13. The number of piperidine rings is 2. The second-order valence-electron chi connectivity index (χ2n) is 17.8. The fourth-order valence-electron chi connectivity index (χ4n) is 10.4. The summed E-state index contributed by atoms with van der Waals surface area (Å²) >= 11 is 0. The van der Waals surface area contributed by atoms with Crippen molar-refractivity contribution in [1.82, 2.24) is 39.6 Å². The van der Waals surface area contributed by atoms with Crippen molar-refractivity contribution in [3.05, 3.63) is 81.8 Å². The van der Waals surface area contributed by atoms with E-state index in [0.29, 0.717) is 54.7 Å². The van der Waals surface area contributed by atoms with Crippen LogP contribution in [-0.4, -0.2) is 103 Å². The number of aryl methyl sites for hydroxylation is 3. The topological polar surface area (TPSA) is 146 Å². The lowest BCUT2D eigenvalue weighted by Crippen LogP contribution is -2.54. The molecule has 0 bridgehead atoms. The summed E-state index contributed by atoms with van der Waals surface area (Å²) in [7, 11) is 1.78. The number of anilines is 2. The first-order valence-corrected chi connectivity index (χ1v) is 22.6. The molecule has 4 aromatic rings. The standard InChI is InChI=1S/C47H55F2N9O5/c1-29(59)55-23-18-38-37(28-55)44(56-20-9-12-31-24-35(32-26-50-53(2)27-32)36(43(48)49)25-40(31)56)52-58(38)33-16-21-54(22-17-33)19-7-5-3-4-6-10-30-11-8-13-34-42(30)47(63)57(46(34)62)39-14-15-41(60)51-45(39)61/h8,11,13,24-27,33,39,43H,3-7,9-10,12,14-23,28H2,1-2H3,(H,51,60,61). The Hall–Kier alpha value is -5.77. The molecule has 1 unspecified atom stereocenters. The van der Waals surface area contributed by atoms with Crippen LogP contribution in [0.15, 0.2) is 42.7 Å². The average molecular weight is 864 g/mol. The van der Waals surface area contributed by atoms with Gasteiger partial charge in [-0.3, -0.25) is 43.6 Å². The third-order valence-corrected chi connectivity index (χ3v) is 13.8. The summed E-state index contributed by atoms with van der Waals surface area (Å²) in [6.07, 6.45) is 11.0. The number of likely N-dealkylation sites (tertiary alicyclic amines) is 1. The molecule has 2 aromatic heterocycles. The largest absolute Gasteiger partial charge is 0.338 e. The predicted octanol–water partition coefficient (Wildman–Crippen LogP) is 6.44. The van der Waals surface area contributed by atoms with E-state index >= 15 is 0 Å². The number of carbonyl (C=O) groups excluding carboxylic acids is 5. The van der Waals surface area contributed by atoms with E-state index in [-0.39, 0.29) is 30.4 Å². The molecular weight excluding hydrogens is 809 g/mol. The summed E-state index contributed by atoms with van der Waals surface area (Å²) in [6.45, 7) is 6.26. The molecule has 2 saturated heterocycles. The molecule has 16 heteroatoms. The van der Waals surface area contributed by atoms with E-state index in [1.165, 1.54) is 0 Å². The van der Waals surface area contributed by atoms with Crippen molar-refractivity contribution in [3.63, 3.8) is 0 Å². The number of hydrogen-bond acceptors (Lipinski definition) is 9. The van der Waals surface area contributed by atoms with Crippen LogP contribution in [-0.2, 0) is 47.2 Å². The first-order valence-electron chi connectivity index (χ1n) is 22.6. The number of fused-ring (bicyclic) bond motifs is 3. The van der Waals surface area contributed by atoms with Crippen LogP contribution in [0.25, 0.3) is 11.1 Å². The van der Waals surface area contributed by atoms with Gasteiger partial charge in [-0.05, 0) is 92.8 Å². The molecule has 332 valence electrons. The first-order chi connectivity index (χ1) is 30.5. The minimum Gasteiger partial charge on any atom is -0.338 e. The zero-order valence-electron chi connectivity index (χ0n) is 36.1. The molecule has 5 aliphatic rings. The Kier molecular flexibility index (Phi) is 12.0. The maximum absolute atomic E-state index is 14.7. The van der Waals surface area contributed by atoms with E-state index in [9.17, 15) is 32.8 Å². The van der Waals surface area contributed by atoms with Gasteiger partial charge in [0.05, 0.1) is 29.9 Å². The molecule has 5 amide bonds. The van der Waals surface area contributed by atoms with Gasteiger partial charge in [0.15, 0.2) is 5.82 Å². The van der Waals surface area contributed by atoms with Crippen LogP contribution in [0.1, 0.15) is 132 Å². The summed E-state index contributed by atoms with van der Waals surface area (Å²) in [5.74, 6) is -1.13. The minimum atomic E-state index is -2.66. The summed E-state index contributed by atoms with van der Waals surface area (Å²) in [4.78, 5) is 71.0. The molecule has 63 heavy (non-hydrogen) atoms. The van der Waals surface area contributed by atoms with Gasteiger partial charge in [-0.2, -0.15) is 10.2 Å². The number of carbonyl (C=O) groups is 5. The number of benzene rings is 2. The number of aromatic nitrogens is 4. The number of nitrogens with zero attached hydrogens (tertiary/aromatic N) is 8. The summed E-state index contributed by atoms with van der Waals surface area (Å²) < 4.78 is 33.2. The van der Waals surface area contributed by atoms with E-state index < -0.39 is 36.1 Å². The van der Waals surface area contributed by atoms with Crippen molar-refractivity contribution in [2.45, 2.75) is 115 Å². The predicted molar refractivity (Wildman–Crippen MR) is 231 cm³/mol. The van der Waals surface area contributed by atoms with Crippen LogP contribution < -0.4 is 10.2 Å². The lowest BCUT2D eigenvalue weighted by Gasteiger charge is -2.34. The molecule has 2 aromatic carbocycles. The molecule has 0 aliphatic carbocycles. The van der Waals surface area contributed by atoms with Gasteiger partial charge >= 0.3 is 0 Å². The van der Waals surface area contributed by atoms with Crippen LogP contribution in [0.4, 0.5) is 20.3 Å². The summed E-state index contributed by atoms with van der Waals surface area (Å²) in [6, 6.07) is 8.11. The molecule has 0 radical (unpaired) electrons. The van der Waals surface area contributed by atoms with Crippen molar-refractivity contribution in [2.24, 2.45) is 7.05 Å². The molecule has 9 rings (SSSR count). The van der Waals surface area contributed by atoms with Gasteiger partial charge in [0, 0.05) is 87.3 Å². The molecule has 0 spiro atoms. The molecular formula is C47H55F2N9O5. The van der Waals surface area contributed by atoms with Crippen molar-refractivity contribution in [2.75, 3.05) is 37.6 Å². The highest BCUT2D eigenvalue weighted by molar-refractivity contribution is 6.24.